The highest BCUT2D eigenvalue weighted by molar-refractivity contribution is 7.86. The molecule has 158 valence electrons. The van der Waals surface area contributed by atoms with Gasteiger partial charge in [0.05, 0.1) is 24.4 Å². The molecule has 0 aliphatic rings. The molecule has 0 aromatic carbocycles. The first kappa shape index (κ1) is 25.1. The molecule has 1 N–H and O–H groups in total. The van der Waals surface area contributed by atoms with Crippen molar-refractivity contribution < 1.29 is 41.2 Å². The number of nitrogens with one attached hydrogen (secondary N) is 1. The van der Waals surface area contributed by atoms with Gasteiger partial charge in [-0.05, 0) is 34.1 Å². The fraction of sp³-hybridized carbons (Fsp3) is 0.812. The number of carbonyl (C=O) groups excluding carboxylic acids is 3. The van der Waals surface area contributed by atoms with E-state index < -0.39 is 40.4 Å². The van der Waals surface area contributed by atoms with Crippen molar-refractivity contribution in [2.24, 2.45) is 5.41 Å². The van der Waals surface area contributed by atoms with Crippen LogP contribution in [0.5, 0.6) is 0 Å². The number of hydrogen-bond acceptors (Lipinski definition) is 9. The topological polar surface area (TPSA) is 134 Å². The van der Waals surface area contributed by atoms with E-state index in [2.05, 4.69) is 10.1 Å². The molecule has 11 heteroatoms. The molecule has 0 fully saturated rings. The van der Waals surface area contributed by atoms with E-state index in [0.29, 0.717) is 0 Å². The predicted octanol–water partition coefficient (Wildman–Crippen LogP) is 0.990. The quantitative estimate of drug-likeness (QED) is 0.283. The maximum Gasteiger partial charge on any atom is 0.508 e. The van der Waals surface area contributed by atoms with Crippen molar-refractivity contribution in [3.8, 4) is 0 Å². The van der Waals surface area contributed by atoms with E-state index in [1.165, 1.54) is 27.7 Å². The minimum Gasteiger partial charge on any atom is -0.461 e. The van der Waals surface area contributed by atoms with Gasteiger partial charge in [-0.25, -0.2) is 4.79 Å². The summed E-state index contributed by atoms with van der Waals surface area (Å²) in [6, 6.07) is 0. The molecule has 0 saturated heterocycles. The lowest BCUT2D eigenvalue weighted by Gasteiger charge is -2.23. The summed E-state index contributed by atoms with van der Waals surface area (Å²) in [5.41, 5.74) is -1.23. The minimum atomic E-state index is -3.84. The summed E-state index contributed by atoms with van der Waals surface area (Å²) < 4.78 is 43.0. The summed E-state index contributed by atoms with van der Waals surface area (Å²) in [5, 5.41) is 2.48. The molecule has 0 rings (SSSR count). The smallest absolute Gasteiger partial charge is 0.461 e. The van der Waals surface area contributed by atoms with Crippen LogP contribution in [0.1, 0.15) is 41.0 Å². The molecule has 0 aromatic rings. The predicted molar refractivity (Wildman–Crippen MR) is 95.3 cm³/mol. The van der Waals surface area contributed by atoms with Crippen molar-refractivity contribution in [2.45, 2.75) is 47.1 Å². The fourth-order valence-electron chi connectivity index (χ4n) is 1.61. The molecular weight excluding hydrogens is 382 g/mol. The van der Waals surface area contributed by atoms with Crippen molar-refractivity contribution in [3.63, 3.8) is 0 Å². The maximum atomic E-state index is 12.1. The van der Waals surface area contributed by atoms with E-state index in [0.717, 1.165) is 0 Å². The van der Waals surface area contributed by atoms with E-state index in [4.69, 9.17) is 13.7 Å². The zero-order valence-corrected chi connectivity index (χ0v) is 17.2. The molecule has 0 bridgehead atoms. The van der Waals surface area contributed by atoms with Gasteiger partial charge in [-0.15, -0.1) is 0 Å². The third kappa shape index (κ3) is 12.2. The lowest BCUT2D eigenvalue weighted by Crippen LogP contribution is -2.35. The van der Waals surface area contributed by atoms with Crippen LogP contribution in [-0.4, -0.2) is 64.7 Å². The van der Waals surface area contributed by atoms with Gasteiger partial charge in [0.15, 0.2) is 0 Å². The van der Waals surface area contributed by atoms with Crippen molar-refractivity contribution in [3.05, 3.63) is 0 Å². The van der Waals surface area contributed by atoms with Gasteiger partial charge in [-0.2, -0.15) is 8.42 Å². The minimum absolute atomic E-state index is 0.162. The third-order valence-electron chi connectivity index (χ3n) is 3.11. The summed E-state index contributed by atoms with van der Waals surface area (Å²) >= 11 is 0. The lowest BCUT2D eigenvalue weighted by atomic mass is 9.95. The molecule has 0 radical (unpaired) electrons. The van der Waals surface area contributed by atoms with Crippen LogP contribution in [0, 0.1) is 5.41 Å². The molecule has 0 saturated carbocycles. The number of carbonyl (C=O) groups is 3. The zero-order valence-electron chi connectivity index (χ0n) is 16.4. The van der Waals surface area contributed by atoms with Gasteiger partial charge in [0, 0.05) is 13.5 Å². The van der Waals surface area contributed by atoms with Crippen LogP contribution in [0.3, 0.4) is 0 Å². The van der Waals surface area contributed by atoms with Crippen molar-refractivity contribution in [1.82, 2.24) is 5.32 Å². The lowest BCUT2D eigenvalue weighted by molar-refractivity contribution is -0.158. The van der Waals surface area contributed by atoms with E-state index in [1.54, 1.807) is 6.92 Å². The Morgan fingerprint density at radius 2 is 1.78 bits per heavy atom. The first-order chi connectivity index (χ1) is 12.4. The van der Waals surface area contributed by atoms with Gasteiger partial charge in [0.25, 0.3) is 10.1 Å². The molecule has 27 heavy (non-hydrogen) atoms. The van der Waals surface area contributed by atoms with Gasteiger partial charge < -0.3 is 19.5 Å². The Morgan fingerprint density at radius 1 is 1.15 bits per heavy atom. The summed E-state index contributed by atoms with van der Waals surface area (Å²) in [7, 11) is -3.84. The number of esters is 1. The largest absolute Gasteiger partial charge is 0.508 e. The molecule has 10 nitrogen and oxygen atoms in total. The molecule has 0 aliphatic heterocycles. The molecule has 0 aromatic heterocycles. The number of hydrogen-bond donors (Lipinski definition) is 1. The van der Waals surface area contributed by atoms with Crippen LogP contribution >= 0.6 is 0 Å². The molecule has 0 spiro atoms. The van der Waals surface area contributed by atoms with E-state index >= 15 is 0 Å². The number of ether oxygens (including phenoxy) is 3. The van der Waals surface area contributed by atoms with Crippen LogP contribution in [0.4, 0.5) is 4.79 Å². The van der Waals surface area contributed by atoms with Crippen molar-refractivity contribution >= 4 is 28.1 Å². The van der Waals surface area contributed by atoms with Crippen LogP contribution < -0.4 is 5.32 Å². The zero-order chi connectivity index (χ0) is 21.1. The highest BCUT2D eigenvalue weighted by Gasteiger charge is 2.32. The third-order valence-corrected chi connectivity index (χ3v) is 4.37. The number of rotatable bonds is 12. The average molecular weight is 411 g/mol. The van der Waals surface area contributed by atoms with Gasteiger partial charge in [0.1, 0.15) is 12.7 Å². The Bertz CT molecular complexity index is 601. The average Bonchev–Trinajstić information content (AvgIpc) is 2.55. The fourth-order valence-corrected chi connectivity index (χ4v) is 2.70. The SMILES string of the molecule is CCOC(=O)OC(C)COC(=O)C(C)(C)COS(=O)(=O)CCCNC(C)=O. The molecule has 1 amide bonds. The Morgan fingerprint density at radius 3 is 2.33 bits per heavy atom. The molecule has 0 aliphatic carbocycles. The van der Waals surface area contributed by atoms with Gasteiger partial charge in [-0.1, -0.05) is 0 Å². The van der Waals surface area contributed by atoms with E-state index in [-0.39, 0.29) is 37.8 Å². The Balaban J connectivity index is 4.33. The maximum absolute atomic E-state index is 12.1. The second kappa shape index (κ2) is 11.8. The monoisotopic (exact) mass is 411 g/mol. The molecule has 1 atom stereocenters. The highest BCUT2D eigenvalue weighted by Crippen LogP contribution is 2.19. The first-order valence-corrected chi connectivity index (χ1v) is 10.1. The van der Waals surface area contributed by atoms with Gasteiger partial charge >= 0.3 is 12.1 Å². The van der Waals surface area contributed by atoms with Crippen LogP contribution in [-0.2, 0) is 38.1 Å². The Kier molecular flexibility index (Phi) is 10.9. The normalized spacial score (nSPS) is 12.8. The molecule has 0 heterocycles. The van der Waals surface area contributed by atoms with Crippen LogP contribution in [0.2, 0.25) is 0 Å². The van der Waals surface area contributed by atoms with Gasteiger partial charge in [-0.3, -0.25) is 13.8 Å². The van der Waals surface area contributed by atoms with Crippen LogP contribution in [0.25, 0.3) is 0 Å². The summed E-state index contributed by atoms with van der Waals surface area (Å²) in [6.07, 6.45) is -1.40. The molecular formula is C16H29NO9S. The van der Waals surface area contributed by atoms with Crippen molar-refractivity contribution in [1.29, 1.82) is 0 Å². The first-order valence-electron chi connectivity index (χ1n) is 8.51. The molecule has 1 unspecified atom stereocenters. The van der Waals surface area contributed by atoms with E-state index in [1.807, 2.05) is 0 Å². The summed E-state index contributed by atoms with van der Waals surface area (Å²) in [5.74, 6) is -1.24. The number of amides is 1. The second-order valence-electron chi connectivity index (χ2n) is 6.45. The van der Waals surface area contributed by atoms with Crippen LogP contribution in [0.15, 0.2) is 0 Å². The van der Waals surface area contributed by atoms with E-state index in [9.17, 15) is 22.8 Å². The summed E-state index contributed by atoms with van der Waals surface area (Å²) in [4.78, 5) is 34.0. The Hall–Kier alpha value is -1.88. The van der Waals surface area contributed by atoms with Crippen molar-refractivity contribution in [2.75, 3.05) is 32.1 Å². The highest BCUT2D eigenvalue weighted by atomic mass is 32.2. The van der Waals surface area contributed by atoms with Gasteiger partial charge in [0.2, 0.25) is 5.91 Å². The second-order valence-corrected chi connectivity index (χ2v) is 8.21. The standard InChI is InChI=1S/C16H29NO9S/c1-6-23-15(20)26-12(2)10-24-14(19)16(4,5)11-25-27(21,22)9-7-8-17-13(3)18/h12H,6-11H2,1-5H3,(H,17,18). The Labute approximate surface area is 160 Å². The summed E-state index contributed by atoms with van der Waals surface area (Å²) in [6.45, 7) is 7.19.